The average molecular weight is 320 g/mol. The zero-order valence-electron chi connectivity index (χ0n) is 14.3. The van der Waals surface area contributed by atoms with E-state index in [-0.39, 0.29) is 18.1 Å². The van der Waals surface area contributed by atoms with Crippen LogP contribution in [0.4, 0.5) is 11.4 Å². The van der Waals surface area contributed by atoms with E-state index in [1.807, 2.05) is 6.21 Å². The van der Waals surface area contributed by atoms with Gasteiger partial charge in [-0.2, -0.15) is 0 Å². The monoisotopic (exact) mass is 320 g/mol. The molecule has 4 heteroatoms. The first-order chi connectivity index (χ1) is 11.7. The molecule has 0 amide bonds. The van der Waals surface area contributed by atoms with Crippen LogP contribution in [-0.2, 0) is 0 Å². The molecule has 0 radical (unpaired) electrons. The first-order valence-corrected chi connectivity index (χ1v) is 8.76. The Hall–Kier alpha value is -2.36. The predicted octanol–water partition coefficient (Wildman–Crippen LogP) is 3.68. The van der Waals surface area contributed by atoms with Crippen LogP contribution in [0.25, 0.3) is 0 Å². The summed E-state index contributed by atoms with van der Waals surface area (Å²) in [5.74, 6) is 0. The first kappa shape index (κ1) is 15.2. The largest absolute Gasteiger partial charge is 0.376 e. The fourth-order valence-electron chi connectivity index (χ4n) is 3.57. The van der Waals surface area contributed by atoms with Crippen molar-refractivity contribution in [1.29, 1.82) is 0 Å². The van der Waals surface area contributed by atoms with E-state index < -0.39 is 0 Å². The summed E-state index contributed by atoms with van der Waals surface area (Å²) in [7, 11) is 0. The Balaban J connectivity index is 1.73. The molecule has 3 aliphatic heterocycles. The molecule has 0 spiro atoms. The van der Waals surface area contributed by atoms with Crippen LogP contribution in [0, 0.1) is 13.8 Å². The minimum atomic E-state index is 0.126. The lowest BCUT2D eigenvalue weighted by molar-refractivity contribution is 0.607. The highest BCUT2D eigenvalue weighted by Crippen LogP contribution is 2.34. The molecular weight excluding hydrogens is 296 g/mol. The van der Waals surface area contributed by atoms with Gasteiger partial charge in [-0.25, -0.2) is 0 Å². The summed E-state index contributed by atoms with van der Waals surface area (Å²) in [4.78, 5) is 9.48. The normalized spacial score (nSPS) is 27.9. The number of aryl methyl sites for hydroxylation is 2. The molecule has 24 heavy (non-hydrogen) atoms. The van der Waals surface area contributed by atoms with Gasteiger partial charge in [0.25, 0.3) is 0 Å². The molecule has 3 heterocycles. The van der Waals surface area contributed by atoms with Crippen LogP contribution in [0.15, 0.2) is 46.4 Å². The SMILES string of the molecule is Cc1cc2c(cc1C)NC(C1C=CCC=N1)C(C1=NCCC=C1)N2. The lowest BCUT2D eigenvalue weighted by Gasteiger charge is -2.39. The molecule has 124 valence electrons. The number of rotatable bonds is 2. The van der Waals surface area contributed by atoms with Crippen LogP contribution in [0.5, 0.6) is 0 Å². The fourth-order valence-corrected chi connectivity index (χ4v) is 3.57. The Morgan fingerprint density at radius 2 is 1.83 bits per heavy atom. The minimum Gasteiger partial charge on any atom is -0.376 e. The molecule has 3 atom stereocenters. The molecule has 0 saturated heterocycles. The van der Waals surface area contributed by atoms with Gasteiger partial charge in [-0.05, 0) is 49.6 Å². The second-order valence-corrected chi connectivity index (χ2v) is 6.76. The average Bonchev–Trinajstić information content (AvgIpc) is 2.63. The summed E-state index contributed by atoms with van der Waals surface area (Å²) in [6.45, 7) is 5.19. The molecular formula is C20H24N4. The van der Waals surface area contributed by atoms with Crippen molar-refractivity contribution in [1.82, 2.24) is 0 Å². The second-order valence-electron chi connectivity index (χ2n) is 6.76. The van der Waals surface area contributed by atoms with E-state index in [4.69, 9.17) is 9.98 Å². The van der Waals surface area contributed by atoms with Crippen LogP contribution in [-0.4, -0.2) is 36.6 Å². The molecule has 3 unspecified atom stereocenters. The highest BCUT2D eigenvalue weighted by Gasteiger charge is 2.35. The van der Waals surface area contributed by atoms with Gasteiger partial charge in [0.1, 0.15) is 0 Å². The summed E-state index contributed by atoms with van der Waals surface area (Å²) >= 11 is 0. The maximum absolute atomic E-state index is 4.76. The number of benzene rings is 1. The highest BCUT2D eigenvalue weighted by atomic mass is 15.1. The van der Waals surface area contributed by atoms with E-state index in [2.05, 4.69) is 60.9 Å². The number of anilines is 2. The van der Waals surface area contributed by atoms with Gasteiger partial charge in [-0.3, -0.25) is 9.98 Å². The van der Waals surface area contributed by atoms with Crippen LogP contribution in [0.2, 0.25) is 0 Å². The standard InChI is InChI=1S/C20H24N4/c1-13-11-17-18(12-14(13)2)24-20(16-8-4-6-10-22-16)19(23-17)15-7-3-5-9-21-15/h3-4,7-9,11-12,15,19-20,23-24H,5-6,10H2,1-2H3. The molecule has 4 rings (SSSR count). The summed E-state index contributed by atoms with van der Waals surface area (Å²) in [5, 5.41) is 7.47. The molecule has 0 bridgehead atoms. The lowest BCUT2D eigenvalue weighted by Crippen LogP contribution is -2.53. The number of dihydropyridines is 2. The molecule has 2 N–H and O–H groups in total. The van der Waals surface area contributed by atoms with Crippen molar-refractivity contribution in [3.05, 3.63) is 47.6 Å². The Labute approximate surface area is 143 Å². The molecule has 0 aromatic heterocycles. The molecule has 0 fully saturated rings. The van der Waals surface area contributed by atoms with Gasteiger partial charge in [-0.1, -0.05) is 18.2 Å². The van der Waals surface area contributed by atoms with Crippen LogP contribution < -0.4 is 10.6 Å². The van der Waals surface area contributed by atoms with Crippen molar-refractivity contribution in [3.63, 3.8) is 0 Å². The maximum atomic E-state index is 4.76. The second kappa shape index (κ2) is 6.27. The number of aliphatic imine (C=N–C) groups is 2. The molecule has 0 aliphatic carbocycles. The van der Waals surface area contributed by atoms with Gasteiger partial charge in [-0.15, -0.1) is 0 Å². The van der Waals surface area contributed by atoms with Crippen LogP contribution in [0.1, 0.15) is 24.0 Å². The number of allylic oxidation sites excluding steroid dienone is 1. The van der Waals surface area contributed by atoms with Gasteiger partial charge in [0.05, 0.1) is 35.2 Å². The zero-order chi connectivity index (χ0) is 16.5. The molecule has 4 nitrogen and oxygen atoms in total. The molecule has 1 aromatic carbocycles. The molecule has 3 aliphatic rings. The van der Waals surface area contributed by atoms with Crippen molar-refractivity contribution in [2.75, 3.05) is 17.2 Å². The van der Waals surface area contributed by atoms with Crippen LogP contribution >= 0.6 is 0 Å². The Bertz CT molecular complexity index is 745. The fraction of sp³-hybridized carbons (Fsp3) is 0.400. The number of fused-ring (bicyclic) bond motifs is 1. The predicted molar refractivity (Wildman–Crippen MR) is 103 cm³/mol. The van der Waals surface area contributed by atoms with E-state index in [9.17, 15) is 0 Å². The van der Waals surface area contributed by atoms with E-state index in [1.165, 1.54) is 11.1 Å². The van der Waals surface area contributed by atoms with E-state index >= 15 is 0 Å². The molecule has 1 aromatic rings. The van der Waals surface area contributed by atoms with Gasteiger partial charge in [0.15, 0.2) is 0 Å². The maximum Gasteiger partial charge on any atom is 0.0907 e. The van der Waals surface area contributed by atoms with Crippen molar-refractivity contribution in [2.45, 2.75) is 44.8 Å². The summed E-state index contributed by atoms with van der Waals surface area (Å²) in [6, 6.07) is 4.88. The van der Waals surface area contributed by atoms with Crippen molar-refractivity contribution >= 4 is 23.3 Å². The zero-order valence-corrected chi connectivity index (χ0v) is 14.3. The summed E-state index contributed by atoms with van der Waals surface area (Å²) in [6.07, 6.45) is 12.8. The Kier molecular flexibility index (Phi) is 3.97. The number of nitrogens with one attached hydrogen (secondary N) is 2. The Morgan fingerprint density at radius 1 is 1.04 bits per heavy atom. The van der Waals surface area contributed by atoms with Gasteiger partial charge >= 0.3 is 0 Å². The van der Waals surface area contributed by atoms with E-state index in [0.717, 1.165) is 36.5 Å². The highest BCUT2D eigenvalue weighted by molar-refractivity contribution is 6.03. The van der Waals surface area contributed by atoms with E-state index in [0.29, 0.717) is 0 Å². The number of nitrogens with zero attached hydrogens (tertiary/aromatic N) is 2. The third-order valence-electron chi connectivity index (χ3n) is 5.04. The quantitative estimate of drug-likeness (QED) is 0.817. The third-order valence-corrected chi connectivity index (χ3v) is 5.04. The Morgan fingerprint density at radius 3 is 2.50 bits per heavy atom. The summed E-state index contributed by atoms with van der Waals surface area (Å²) < 4.78 is 0. The van der Waals surface area contributed by atoms with Gasteiger partial charge in [0.2, 0.25) is 0 Å². The van der Waals surface area contributed by atoms with E-state index in [1.54, 1.807) is 0 Å². The number of hydrogen-bond donors (Lipinski definition) is 2. The van der Waals surface area contributed by atoms with Gasteiger partial charge < -0.3 is 10.6 Å². The topological polar surface area (TPSA) is 48.8 Å². The van der Waals surface area contributed by atoms with Crippen LogP contribution in [0.3, 0.4) is 0 Å². The van der Waals surface area contributed by atoms with Crippen molar-refractivity contribution in [2.24, 2.45) is 9.98 Å². The minimum absolute atomic E-state index is 0.126. The smallest absolute Gasteiger partial charge is 0.0907 e. The van der Waals surface area contributed by atoms with Crippen molar-refractivity contribution < 1.29 is 0 Å². The lowest BCUT2D eigenvalue weighted by atomic mass is 9.90. The third kappa shape index (κ3) is 2.77. The first-order valence-electron chi connectivity index (χ1n) is 8.76. The number of hydrogen-bond acceptors (Lipinski definition) is 4. The summed E-state index contributed by atoms with van der Waals surface area (Å²) in [5.41, 5.74) is 6.05. The van der Waals surface area contributed by atoms with Crippen molar-refractivity contribution in [3.8, 4) is 0 Å². The van der Waals surface area contributed by atoms with Gasteiger partial charge in [0, 0.05) is 19.2 Å². The molecule has 0 saturated carbocycles.